The fourth-order valence-electron chi connectivity index (χ4n) is 3.24. The second kappa shape index (κ2) is 7.04. The molecule has 1 aliphatic heterocycles. The highest BCUT2D eigenvalue weighted by Crippen LogP contribution is 2.32. The summed E-state index contributed by atoms with van der Waals surface area (Å²) < 4.78 is 11.0. The summed E-state index contributed by atoms with van der Waals surface area (Å²) >= 11 is 0. The standard InChI is InChI=1S/C21H20N2O3/c1-15(16-7-3-2-4-8-16)13-17-14-20(26-22-17)21(24)23-11-12-25-19-10-6-5-9-18(19)23/h2-10,14-15H,11-13H2,1H3/t15-/m0/s1. The van der Waals surface area contributed by atoms with Crippen molar-refractivity contribution in [2.45, 2.75) is 19.3 Å². The lowest BCUT2D eigenvalue weighted by molar-refractivity contribution is 0.0941. The van der Waals surface area contributed by atoms with E-state index in [-0.39, 0.29) is 11.7 Å². The molecule has 1 atom stereocenters. The van der Waals surface area contributed by atoms with Crippen LogP contribution in [0, 0.1) is 0 Å². The Balaban J connectivity index is 1.51. The van der Waals surface area contributed by atoms with E-state index in [4.69, 9.17) is 9.26 Å². The third-order valence-corrected chi connectivity index (χ3v) is 4.63. The molecule has 0 saturated heterocycles. The molecule has 5 nitrogen and oxygen atoms in total. The molecule has 1 aliphatic rings. The van der Waals surface area contributed by atoms with E-state index in [2.05, 4.69) is 24.2 Å². The monoisotopic (exact) mass is 348 g/mol. The van der Waals surface area contributed by atoms with Crippen molar-refractivity contribution in [1.82, 2.24) is 5.16 Å². The van der Waals surface area contributed by atoms with Gasteiger partial charge < -0.3 is 9.26 Å². The Bertz CT molecular complexity index is 904. The van der Waals surface area contributed by atoms with E-state index >= 15 is 0 Å². The van der Waals surface area contributed by atoms with Crippen LogP contribution in [0.3, 0.4) is 0 Å². The van der Waals surface area contributed by atoms with Gasteiger partial charge in [-0.3, -0.25) is 9.69 Å². The van der Waals surface area contributed by atoms with Crippen LogP contribution in [0.4, 0.5) is 5.69 Å². The van der Waals surface area contributed by atoms with E-state index < -0.39 is 0 Å². The van der Waals surface area contributed by atoms with Crippen LogP contribution in [0.2, 0.25) is 0 Å². The summed E-state index contributed by atoms with van der Waals surface area (Å²) in [4.78, 5) is 14.6. The van der Waals surface area contributed by atoms with Gasteiger partial charge in [0.1, 0.15) is 12.4 Å². The molecule has 132 valence electrons. The number of benzene rings is 2. The molecule has 4 rings (SSSR count). The van der Waals surface area contributed by atoms with Crippen LogP contribution < -0.4 is 9.64 Å². The smallest absolute Gasteiger partial charge is 0.297 e. The minimum absolute atomic E-state index is 0.188. The van der Waals surface area contributed by atoms with Crippen LogP contribution in [-0.2, 0) is 6.42 Å². The fourth-order valence-corrected chi connectivity index (χ4v) is 3.24. The Morgan fingerprint density at radius 1 is 1.15 bits per heavy atom. The highest BCUT2D eigenvalue weighted by atomic mass is 16.5. The number of hydrogen-bond acceptors (Lipinski definition) is 4. The second-order valence-corrected chi connectivity index (χ2v) is 6.47. The van der Waals surface area contributed by atoms with Gasteiger partial charge in [0.15, 0.2) is 0 Å². The first kappa shape index (κ1) is 16.4. The fraction of sp³-hybridized carbons (Fsp3) is 0.238. The molecular formula is C21H20N2O3. The molecule has 1 aromatic heterocycles. The van der Waals surface area contributed by atoms with Gasteiger partial charge in [0, 0.05) is 6.07 Å². The van der Waals surface area contributed by atoms with Crippen molar-refractivity contribution in [2.24, 2.45) is 0 Å². The topological polar surface area (TPSA) is 55.6 Å². The summed E-state index contributed by atoms with van der Waals surface area (Å²) in [6, 6.07) is 19.5. The summed E-state index contributed by atoms with van der Waals surface area (Å²) in [7, 11) is 0. The van der Waals surface area contributed by atoms with E-state index in [0.29, 0.717) is 24.8 Å². The molecule has 3 aromatic rings. The summed E-state index contributed by atoms with van der Waals surface area (Å²) in [5, 5.41) is 4.10. The minimum atomic E-state index is -0.188. The quantitative estimate of drug-likeness (QED) is 0.713. The predicted octanol–water partition coefficient (Wildman–Crippen LogP) is 4.06. The largest absolute Gasteiger partial charge is 0.490 e. The molecule has 0 saturated carbocycles. The van der Waals surface area contributed by atoms with E-state index in [1.165, 1.54) is 5.56 Å². The normalized spacial score (nSPS) is 14.4. The molecule has 2 aromatic carbocycles. The number of amides is 1. The first-order valence-corrected chi connectivity index (χ1v) is 8.76. The van der Waals surface area contributed by atoms with Gasteiger partial charge in [-0.25, -0.2) is 0 Å². The van der Waals surface area contributed by atoms with Crippen molar-refractivity contribution in [3.8, 4) is 5.75 Å². The van der Waals surface area contributed by atoms with Crippen LogP contribution in [0.5, 0.6) is 5.75 Å². The average molecular weight is 348 g/mol. The molecule has 0 unspecified atom stereocenters. The predicted molar refractivity (Wildman–Crippen MR) is 98.7 cm³/mol. The third-order valence-electron chi connectivity index (χ3n) is 4.63. The number of para-hydroxylation sites is 2. The number of fused-ring (bicyclic) bond motifs is 1. The molecule has 0 spiro atoms. The molecule has 2 heterocycles. The summed E-state index contributed by atoms with van der Waals surface area (Å²) in [6.45, 7) is 3.10. The van der Waals surface area contributed by atoms with Gasteiger partial charge in [0.25, 0.3) is 5.91 Å². The van der Waals surface area contributed by atoms with Crippen molar-refractivity contribution in [3.05, 3.63) is 77.7 Å². The zero-order chi connectivity index (χ0) is 17.9. The highest BCUT2D eigenvalue weighted by molar-refractivity contribution is 6.05. The van der Waals surface area contributed by atoms with E-state index in [9.17, 15) is 4.79 Å². The lowest BCUT2D eigenvalue weighted by Gasteiger charge is -2.28. The number of nitrogens with zero attached hydrogens (tertiary/aromatic N) is 2. The summed E-state index contributed by atoms with van der Waals surface area (Å²) in [6.07, 6.45) is 0.723. The van der Waals surface area contributed by atoms with Crippen molar-refractivity contribution < 1.29 is 14.1 Å². The molecule has 5 heteroatoms. The van der Waals surface area contributed by atoms with Gasteiger partial charge >= 0.3 is 0 Å². The molecule has 0 fully saturated rings. The Morgan fingerprint density at radius 3 is 2.77 bits per heavy atom. The van der Waals surface area contributed by atoms with Crippen LogP contribution >= 0.6 is 0 Å². The van der Waals surface area contributed by atoms with E-state index in [1.807, 2.05) is 42.5 Å². The SMILES string of the molecule is C[C@@H](Cc1cc(C(=O)N2CCOc3ccccc32)on1)c1ccccc1. The molecule has 0 radical (unpaired) electrons. The minimum Gasteiger partial charge on any atom is -0.490 e. The zero-order valence-corrected chi connectivity index (χ0v) is 14.6. The highest BCUT2D eigenvalue weighted by Gasteiger charge is 2.27. The summed E-state index contributed by atoms with van der Waals surface area (Å²) in [5.41, 5.74) is 2.79. The number of anilines is 1. The number of ether oxygens (including phenoxy) is 1. The Morgan fingerprint density at radius 2 is 1.92 bits per heavy atom. The lowest BCUT2D eigenvalue weighted by atomic mass is 9.96. The van der Waals surface area contributed by atoms with Gasteiger partial charge in [-0.05, 0) is 30.0 Å². The maximum atomic E-state index is 12.9. The molecule has 1 amide bonds. The number of aromatic nitrogens is 1. The number of carbonyl (C=O) groups is 1. The second-order valence-electron chi connectivity index (χ2n) is 6.47. The number of hydrogen-bond donors (Lipinski definition) is 0. The number of carbonyl (C=O) groups excluding carboxylic acids is 1. The van der Waals surface area contributed by atoms with Crippen molar-refractivity contribution in [1.29, 1.82) is 0 Å². The van der Waals surface area contributed by atoms with Gasteiger partial charge in [-0.2, -0.15) is 0 Å². The lowest BCUT2D eigenvalue weighted by Crippen LogP contribution is -2.37. The maximum absolute atomic E-state index is 12.9. The molecule has 0 aliphatic carbocycles. The molecule has 0 N–H and O–H groups in total. The van der Waals surface area contributed by atoms with Crippen LogP contribution in [-0.4, -0.2) is 24.2 Å². The number of rotatable bonds is 4. The van der Waals surface area contributed by atoms with E-state index in [1.54, 1.807) is 11.0 Å². The van der Waals surface area contributed by atoms with E-state index in [0.717, 1.165) is 17.8 Å². The van der Waals surface area contributed by atoms with Crippen LogP contribution in [0.25, 0.3) is 0 Å². The third kappa shape index (κ3) is 3.20. The van der Waals surface area contributed by atoms with Crippen LogP contribution in [0.1, 0.15) is 34.7 Å². The zero-order valence-electron chi connectivity index (χ0n) is 14.6. The summed E-state index contributed by atoms with van der Waals surface area (Å²) in [5.74, 6) is 1.08. The maximum Gasteiger partial charge on any atom is 0.297 e. The molecule has 0 bridgehead atoms. The Labute approximate surface area is 152 Å². The van der Waals surface area contributed by atoms with Gasteiger partial charge in [-0.1, -0.05) is 54.5 Å². The van der Waals surface area contributed by atoms with Crippen molar-refractivity contribution in [2.75, 3.05) is 18.1 Å². The molecular weight excluding hydrogens is 328 g/mol. The Kier molecular flexibility index (Phi) is 4.44. The van der Waals surface area contributed by atoms with Crippen molar-refractivity contribution in [3.63, 3.8) is 0 Å². The molecule has 26 heavy (non-hydrogen) atoms. The Hall–Kier alpha value is -3.08. The average Bonchev–Trinajstić information content (AvgIpc) is 3.16. The first-order valence-electron chi connectivity index (χ1n) is 8.76. The van der Waals surface area contributed by atoms with Crippen molar-refractivity contribution >= 4 is 11.6 Å². The first-order chi connectivity index (χ1) is 12.7. The van der Waals surface area contributed by atoms with Gasteiger partial charge in [0.2, 0.25) is 5.76 Å². The van der Waals surface area contributed by atoms with Crippen LogP contribution in [0.15, 0.2) is 65.2 Å². The van der Waals surface area contributed by atoms with Gasteiger partial charge in [-0.15, -0.1) is 0 Å². The van der Waals surface area contributed by atoms with Gasteiger partial charge in [0.05, 0.1) is 17.9 Å².